The molecule has 18 heavy (non-hydrogen) atoms. The summed E-state index contributed by atoms with van der Waals surface area (Å²) in [5.74, 6) is 1.72. The van der Waals surface area contributed by atoms with Crippen molar-refractivity contribution in [2.24, 2.45) is 22.6 Å². The Morgan fingerprint density at radius 1 is 1.56 bits per heavy atom. The maximum atomic E-state index is 10.6. The molecule has 102 valence electrons. The maximum absolute atomic E-state index is 10.6. The molecule has 0 aromatic carbocycles. The lowest BCUT2D eigenvalue weighted by Gasteiger charge is -2.32. The zero-order valence-corrected chi connectivity index (χ0v) is 11.3. The Balaban J connectivity index is 1.72. The van der Waals surface area contributed by atoms with Gasteiger partial charge < -0.3 is 16.2 Å². The molecule has 2 aliphatic carbocycles. The predicted molar refractivity (Wildman–Crippen MR) is 74.3 cm³/mol. The molecule has 4 heteroatoms. The molecule has 0 saturated heterocycles. The quantitative estimate of drug-likeness (QED) is 0.393. The van der Waals surface area contributed by atoms with Gasteiger partial charge in [-0.1, -0.05) is 12.2 Å². The molecule has 2 bridgehead atoms. The van der Waals surface area contributed by atoms with E-state index in [1.54, 1.807) is 0 Å². The molecule has 2 rings (SSSR count). The first kappa shape index (κ1) is 13.4. The monoisotopic (exact) mass is 251 g/mol. The van der Waals surface area contributed by atoms with Crippen LogP contribution in [0.5, 0.6) is 0 Å². The third-order valence-corrected chi connectivity index (χ3v) is 4.33. The van der Waals surface area contributed by atoms with Gasteiger partial charge in [0.15, 0.2) is 5.96 Å². The smallest absolute Gasteiger partial charge is 0.188 e. The Morgan fingerprint density at radius 2 is 2.33 bits per heavy atom. The minimum Gasteiger partial charge on any atom is -0.390 e. The summed E-state index contributed by atoms with van der Waals surface area (Å²) in [6.07, 6.45) is 5.47. The van der Waals surface area contributed by atoms with Gasteiger partial charge in [-0.15, -0.1) is 0 Å². The largest absolute Gasteiger partial charge is 0.390 e. The molecule has 4 nitrogen and oxygen atoms in total. The van der Waals surface area contributed by atoms with Gasteiger partial charge in [-0.25, -0.2) is 4.99 Å². The second-order valence-electron chi connectivity index (χ2n) is 6.02. The van der Waals surface area contributed by atoms with Crippen LogP contribution in [0.3, 0.4) is 0 Å². The molecule has 3 atom stereocenters. The van der Waals surface area contributed by atoms with Crippen molar-refractivity contribution in [3.8, 4) is 0 Å². The van der Waals surface area contributed by atoms with E-state index in [-0.39, 0.29) is 0 Å². The molecule has 0 aromatic rings. The minimum absolute atomic E-state index is 0.449. The van der Waals surface area contributed by atoms with Crippen LogP contribution in [0, 0.1) is 11.8 Å². The zero-order valence-electron chi connectivity index (χ0n) is 11.3. The highest BCUT2D eigenvalue weighted by molar-refractivity contribution is 5.77. The van der Waals surface area contributed by atoms with Gasteiger partial charge in [-0.2, -0.15) is 0 Å². The Labute approximate surface area is 109 Å². The number of aliphatic imine (C=N–C) groups is 1. The second-order valence-corrected chi connectivity index (χ2v) is 6.02. The van der Waals surface area contributed by atoms with Gasteiger partial charge in [0.25, 0.3) is 0 Å². The van der Waals surface area contributed by atoms with Crippen molar-refractivity contribution in [2.75, 3.05) is 13.1 Å². The average molecular weight is 251 g/mol. The first-order chi connectivity index (χ1) is 8.49. The lowest BCUT2D eigenvalue weighted by atomic mass is 9.82. The van der Waals surface area contributed by atoms with Gasteiger partial charge in [-0.05, 0) is 50.9 Å². The Bertz CT molecular complexity index is 353. The molecule has 0 aliphatic heterocycles. The molecule has 2 aliphatic rings. The van der Waals surface area contributed by atoms with Crippen molar-refractivity contribution >= 4 is 5.96 Å². The van der Waals surface area contributed by atoms with Crippen LogP contribution < -0.4 is 11.1 Å². The summed E-state index contributed by atoms with van der Waals surface area (Å²) >= 11 is 0. The van der Waals surface area contributed by atoms with Crippen LogP contribution in [-0.4, -0.2) is 29.8 Å². The normalized spacial score (nSPS) is 34.9. The lowest BCUT2D eigenvalue weighted by Crippen LogP contribution is -2.41. The molecule has 0 aromatic heterocycles. The van der Waals surface area contributed by atoms with Crippen LogP contribution in [-0.2, 0) is 0 Å². The highest BCUT2D eigenvalue weighted by Crippen LogP contribution is 2.51. The Morgan fingerprint density at radius 3 is 2.89 bits per heavy atom. The van der Waals surface area contributed by atoms with Gasteiger partial charge in [0, 0.05) is 6.54 Å². The highest BCUT2D eigenvalue weighted by atomic mass is 16.3. The molecular weight excluding hydrogens is 226 g/mol. The fourth-order valence-electron chi connectivity index (χ4n) is 3.40. The number of hydrogen-bond acceptors (Lipinski definition) is 2. The summed E-state index contributed by atoms with van der Waals surface area (Å²) in [6, 6.07) is 0. The number of nitrogens with two attached hydrogens (primary N) is 1. The van der Waals surface area contributed by atoms with Gasteiger partial charge >= 0.3 is 0 Å². The fourth-order valence-corrected chi connectivity index (χ4v) is 3.40. The summed E-state index contributed by atoms with van der Waals surface area (Å²) in [5.41, 5.74) is 6.28. The lowest BCUT2D eigenvalue weighted by molar-refractivity contribution is -0.0191. The number of nitrogens with zero attached hydrogens (tertiary/aromatic N) is 1. The van der Waals surface area contributed by atoms with Gasteiger partial charge in [0.2, 0.25) is 0 Å². The molecule has 0 spiro atoms. The minimum atomic E-state index is -0.454. The summed E-state index contributed by atoms with van der Waals surface area (Å²) in [7, 11) is 0. The van der Waals surface area contributed by atoms with Crippen LogP contribution >= 0.6 is 0 Å². The van der Waals surface area contributed by atoms with E-state index in [1.807, 2.05) is 6.92 Å². The molecular formula is C14H25N3O. The van der Waals surface area contributed by atoms with E-state index in [0.717, 1.165) is 24.3 Å². The first-order valence-corrected chi connectivity index (χ1v) is 6.90. The second kappa shape index (κ2) is 5.31. The zero-order chi connectivity index (χ0) is 13.2. The first-order valence-electron chi connectivity index (χ1n) is 6.90. The molecule has 4 N–H and O–H groups in total. The van der Waals surface area contributed by atoms with Crippen molar-refractivity contribution in [1.29, 1.82) is 0 Å². The molecule has 3 unspecified atom stereocenters. The molecule has 0 heterocycles. The summed E-state index contributed by atoms with van der Waals surface area (Å²) in [4.78, 5) is 4.16. The van der Waals surface area contributed by atoms with Gasteiger partial charge in [-0.3, -0.25) is 0 Å². The van der Waals surface area contributed by atoms with E-state index < -0.39 is 5.60 Å². The summed E-state index contributed by atoms with van der Waals surface area (Å²) in [5, 5.41) is 13.7. The topological polar surface area (TPSA) is 70.6 Å². The number of rotatable bonds is 5. The molecule has 0 radical (unpaired) electrons. The molecule has 2 saturated carbocycles. The van der Waals surface area contributed by atoms with Crippen molar-refractivity contribution in [1.82, 2.24) is 5.32 Å². The third kappa shape index (κ3) is 3.05. The molecule has 2 fully saturated rings. The number of hydrogen-bond donors (Lipinski definition) is 3. The predicted octanol–water partition coefficient (Wildman–Crippen LogP) is 1.41. The summed E-state index contributed by atoms with van der Waals surface area (Å²) in [6.45, 7) is 6.97. The molecule has 0 amide bonds. The van der Waals surface area contributed by atoms with E-state index in [9.17, 15) is 5.11 Å². The van der Waals surface area contributed by atoms with Crippen molar-refractivity contribution in [3.63, 3.8) is 0 Å². The van der Waals surface area contributed by atoms with Crippen molar-refractivity contribution < 1.29 is 5.11 Å². The van der Waals surface area contributed by atoms with E-state index in [1.165, 1.54) is 19.3 Å². The standard InChI is InChI=1S/C14H25N3O/c1-10(2)9-17-13(15)16-6-5-14(18)8-11-3-4-12(14)7-11/h11-12,18H,1,3-9H2,2H3,(H3,15,16,17). The SMILES string of the molecule is C=C(C)CN=C(N)NCCC1(O)CC2CCC1C2. The van der Waals surface area contributed by atoms with Crippen LogP contribution in [0.2, 0.25) is 0 Å². The number of guanidine groups is 1. The van der Waals surface area contributed by atoms with Crippen LogP contribution in [0.15, 0.2) is 17.1 Å². The number of nitrogens with one attached hydrogen (secondary N) is 1. The van der Waals surface area contributed by atoms with E-state index in [2.05, 4.69) is 16.9 Å². The van der Waals surface area contributed by atoms with E-state index >= 15 is 0 Å². The Hall–Kier alpha value is -1.03. The van der Waals surface area contributed by atoms with E-state index in [4.69, 9.17) is 5.73 Å². The van der Waals surface area contributed by atoms with Crippen molar-refractivity contribution in [2.45, 2.75) is 44.6 Å². The average Bonchev–Trinajstić information content (AvgIpc) is 2.86. The summed E-state index contributed by atoms with van der Waals surface area (Å²) < 4.78 is 0. The van der Waals surface area contributed by atoms with Crippen molar-refractivity contribution in [3.05, 3.63) is 12.2 Å². The van der Waals surface area contributed by atoms with Crippen LogP contribution in [0.25, 0.3) is 0 Å². The van der Waals surface area contributed by atoms with Gasteiger partial charge in [0.05, 0.1) is 12.1 Å². The van der Waals surface area contributed by atoms with Gasteiger partial charge in [0.1, 0.15) is 0 Å². The van der Waals surface area contributed by atoms with Crippen LogP contribution in [0.4, 0.5) is 0 Å². The third-order valence-electron chi connectivity index (χ3n) is 4.33. The number of aliphatic hydroxyl groups is 1. The fraction of sp³-hybridized carbons (Fsp3) is 0.786. The number of fused-ring (bicyclic) bond motifs is 2. The Kier molecular flexibility index (Phi) is 3.95. The maximum Gasteiger partial charge on any atom is 0.188 e. The highest BCUT2D eigenvalue weighted by Gasteiger charge is 2.49. The van der Waals surface area contributed by atoms with Crippen LogP contribution in [0.1, 0.15) is 39.0 Å². The van der Waals surface area contributed by atoms with E-state index in [0.29, 0.717) is 25.0 Å².